The molecule has 0 bridgehead atoms. The minimum absolute atomic E-state index is 0.229. The quantitative estimate of drug-likeness (QED) is 0.779. The van der Waals surface area contributed by atoms with E-state index in [1.165, 1.54) is 0 Å². The zero-order valence-corrected chi connectivity index (χ0v) is 15.6. The molecule has 7 nitrogen and oxygen atoms in total. The Balaban J connectivity index is 1.54. The van der Waals surface area contributed by atoms with E-state index >= 15 is 0 Å². The van der Waals surface area contributed by atoms with Crippen LogP contribution in [0.25, 0.3) is 5.65 Å². The topological polar surface area (TPSA) is 71.5 Å². The van der Waals surface area contributed by atoms with Gasteiger partial charge in [-0.1, -0.05) is 13.8 Å². The maximum absolute atomic E-state index is 10.7. The van der Waals surface area contributed by atoms with Gasteiger partial charge in [0.15, 0.2) is 5.65 Å². The first-order chi connectivity index (χ1) is 12.5. The van der Waals surface area contributed by atoms with Gasteiger partial charge in [0.1, 0.15) is 17.7 Å². The van der Waals surface area contributed by atoms with Gasteiger partial charge in [0, 0.05) is 50.4 Å². The average Bonchev–Trinajstić information content (AvgIpc) is 3.29. The molecule has 0 aliphatic carbocycles. The maximum atomic E-state index is 10.7. The number of aliphatic hydroxyl groups is 1. The number of nitrogens with zero attached hydrogens (tertiary/aromatic N) is 6. The zero-order chi connectivity index (χ0) is 18.3. The summed E-state index contributed by atoms with van der Waals surface area (Å²) in [6, 6.07) is 4.10. The summed E-state index contributed by atoms with van der Waals surface area (Å²) in [5, 5.41) is 15.1. The predicted molar refractivity (Wildman–Crippen MR) is 100 cm³/mol. The van der Waals surface area contributed by atoms with E-state index in [1.54, 1.807) is 12.4 Å². The standard InChI is InChI=1S/C19H26N6O/c1-13(2)15-12-17(25-16(22-15)4-7-21-25)24-9-5-14(6-10-24)18(26)19-20-8-11-23(19)3/h4,7-8,11-14,18,26H,5-6,9-10H2,1-3H3/t18-/m0/s1. The van der Waals surface area contributed by atoms with Crippen LogP contribution < -0.4 is 4.90 Å². The Morgan fingerprint density at radius 3 is 2.62 bits per heavy atom. The van der Waals surface area contributed by atoms with Gasteiger partial charge in [-0.3, -0.25) is 0 Å². The summed E-state index contributed by atoms with van der Waals surface area (Å²) in [5.41, 5.74) is 1.98. The molecule has 3 aromatic rings. The van der Waals surface area contributed by atoms with Crippen LogP contribution >= 0.6 is 0 Å². The fourth-order valence-electron chi connectivity index (χ4n) is 3.75. The van der Waals surface area contributed by atoms with Gasteiger partial charge >= 0.3 is 0 Å². The highest BCUT2D eigenvalue weighted by molar-refractivity contribution is 5.51. The Morgan fingerprint density at radius 1 is 1.19 bits per heavy atom. The van der Waals surface area contributed by atoms with Crippen molar-refractivity contribution in [2.75, 3.05) is 18.0 Å². The van der Waals surface area contributed by atoms with E-state index in [0.717, 1.165) is 48.9 Å². The summed E-state index contributed by atoms with van der Waals surface area (Å²) in [5.74, 6) is 2.45. The molecule has 4 rings (SSSR count). The second-order valence-corrected chi connectivity index (χ2v) is 7.46. The summed E-state index contributed by atoms with van der Waals surface area (Å²) in [4.78, 5) is 11.4. The van der Waals surface area contributed by atoms with Crippen LogP contribution in [0.1, 0.15) is 50.2 Å². The Bertz CT molecular complexity index is 890. The Labute approximate surface area is 153 Å². The van der Waals surface area contributed by atoms with Crippen LogP contribution in [0.3, 0.4) is 0 Å². The third-order valence-electron chi connectivity index (χ3n) is 5.39. The normalized spacial score (nSPS) is 17.3. The molecule has 0 radical (unpaired) electrons. The molecule has 3 aromatic heterocycles. The van der Waals surface area contributed by atoms with Crippen molar-refractivity contribution in [3.8, 4) is 0 Å². The molecular weight excluding hydrogens is 328 g/mol. The number of aliphatic hydroxyl groups excluding tert-OH is 1. The largest absolute Gasteiger partial charge is 0.385 e. The molecule has 1 atom stereocenters. The molecule has 26 heavy (non-hydrogen) atoms. The number of rotatable bonds is 4. The van der Waals surface area contributed by atoms with Gasteiger partial charge in [-0.2, -0.15) is 9.61 Å². The minimum atomic E-state index is -0.509. The van der Waals surface area contributed by atoms with Crippen molar-refractivity contribution < 1.29 is 5.11 Å². The first-order valence-corrected chi connectivity index (χ1v) is 9.29. The minimum Gasteiger partial charge on any atom is -0.385 e. The van der Waals surface area contributed by atoms with Crippen LogP contribution in [0.4, 0.5) is 5.82 Å². The van der Waals surface area contributed by atoms with Crippen molar-refractivity contribution in [2.45, 2.75) is 38.7 Å². The highest BCUT2D eigenvalue weighted by Crippen LogP contribution is 2.32. The molecule has 0 unspecified atom stereocenters. The predicted octanol–water partition coefficient (Wildman–Crippen LogP) is 2.54. The van der Waals surface area contributed by atoms with Gasteiger partial charge in [0.2, 0.25) is 0 Å². The second kappa shape index (κ2) is 6.72. The number of aromatic nitrogens is 5. The lowest BCUT2D eigenvalue weighted by molar-refractivity contribution is 0.0823. The molecule has 1 saturated heterocycles. The number of fused-ring (bicyclic) bond motifs is 1. The zero-order valence-electron chi connectivity index (χ0n) is 15.6. The summed E-state index contributed by atoms with van der Waals surface area (Å²) in [6.45, 7) is 6.11. The van der Waals surface area contributed by atoms with Crippen molar-refractivity contribution in [1.29, 1.82) is 0 Å². The number of anilines is 1. The van der Waals surface area contributed by atoms with Crippen molar-refractivity contribution in [2.24, 2.45) is 13.0 Å². The molecule has 1 N–H and O–H groups in total. The third-order valence-corrected chi connectivity index (χ3v) is 5.39. The van der Waals surface area contributed by atoms with Crippen LogP contribution in [0, 0.1) is 5.92 Å². The lowest BCUT2D eigenvalue weighted by atomic mass is 9.90. The SMILES string of the molecule is CC(C)c1cc(N2CCC([C@H](O)c3nccn3C)CC2)n2nccc2n1. The molecule has 4 heterocycles. The van der Waals surface area contributed by atoms with E-state index in [-0.39, 0.29) is 5.92 Å². The Morgan fingerprint density at radius 2 is 1.96 bits per heavy atom. The van der Waals surface area contributed by atoms with E-state index in [0.29, 0.717) is 5.92 Å². The molecule has 0 amide bonds. The lowest BCUT2D eigenvalue weighted by Crippen LogP contribution is -2.37. The van der Waals surface area contributed by atoms with Gasteiger partial charge < -0.3 is 14.6 Å². The molecule has 0 aromatic carbocycles. The van der Waals surface area contributed by atoms with Crippen molar-refractivity contribution in [3.63, 3.8) is 0 Å². The maximum Gasteiger partial charge on any atom is 0.157 e. The molecule has 0 spiro atoms. The van der Waals surface area contributed by atoms with E-state index in [4.69, 9.17) is 4.98 Å². The van der Waals surface area contributed by atoms with Gasteiger partial charge in [0.25, 0.3) is 0 Å². The van der Waals surface area contributed by atoms with Gasteiger partial charge in [-0.25, -0.2) is 9.97 Å². The number of aryl methyl sites for hydroxylation is 1. The first-order valence-electron chi connectivity index (χ1n) is 9.29. The van der Waals surface area contributed by atoms with Crippen molar-refractivity contribution >= 4 is 11.5 Å². The first kappa shape index (κ1) is 17.0. The number of imidazole rings is 1. The number of hydrogen-bond donors (Lipinski definition) is 1. The monoisotopic (exact) mass is 354 g/mol. The lowest BCUT2D eigenvalue weighted by Gasteiger charge is -2.35. The van der Waals surface area contributed by atoms with E-state index in [2.05, 4.69) is 34.9 Å². The number of piperidine rings is 1. The Hall–Kier alpha value is -2.41. The molecule has 7 heteroatoms. The number of hydrogen-bond acceptors (Lipinski definition) is 5. The van der Waals surface area contributed by atoms with Gasteiger partial charge in [0.05, 0.1) is 6.20 Å². The highest BCUT2D eigenvalue weighted by Gasteiger charge is 2.29. The average molecular weight is 354 g/mol. The molecule has 138 valence electrons. The summed E-state index contributed by atoms with van der Waals surface area (Å²) < 4.78 is 3.82. The molecule has 1 aliphatic rings. The van der Waals surface area contributed by atoms with Crippen LogP contribution in [-0.4, -0.2) is 42.3 Å². The Kier molecular flexibility index (Phi) is 4.40. The van der Waals surface area contributed by atoms with E-state index in [9.17, 15) is 5.11 Å². The summed E-state index contributed by atoms with van der Waals surface area (Å²) in [6.07, 6.45) is 6.77. The summed E-state index contributed by atoms with van der Waals surface area (Å²) >= 11 is 0. The fraction of sp³-hybridized carbons (Fsp3) is 0.526. The van der Waals surface area contributed by atoms with Crippen LogP contribution in [-0.2, 0) is 7.05 Å². The van der Waals surface area contributed by atoms with E-state index < -0.39 is 6.10 Å². The smallest absolute Gasteiger partial charge is 0.157 e. The van der Waals surface area contributed by atoms with Crippen LogP contribution in [0.2, 0.25) is 0 Å². The summed E-state index contributed by atoms with van der Waals surface area (Å²) in [7, 11) is 1.93. The van der Waals surface area contributed by atoms with Gasteiger partial charge in [-0.15, -0.1) is 0 Å². The molecule has 1 fully saturated rings. The van der Waals surface area contributed by atoms with E-state index in [1.807, 2.05) is 28.4 Å². The molecule has 1 aliphatic heterocycles. The van der Waals surface area contributed by atoms with Crippen LogP contribution in [0.15, 0.2) is 30.7 Å². The van der Waals surface area contributed by atoms with Crippen LogP contribution in [0.5, 0.6) is 0 Å². The van der Waals surface area contributed by atoms with Gasteiger partial charge in [-0.05, 0) is 24.7 Å². The van der Waals surface area contributed by atoms with Crippen molar-refractivity contribution in [3.05, 3.63) is 42.2 Å². The fourth-order valence-corrected chi connectivity index (χ4v) is 3.75. The molecule has 0 saturated carbocycles. The second-order valence-electron chi connectivity index (χ2n) is 7.46. The van der Waals surface area contributed by atoms with Crippen molar-refractivity contribution in [1.82, 2.24) is 24.1 Å². The molecular formula is C19H26N6O. The third kappa shape index (κ3) is 2.96. The highest BCUT2D eigenvalue weighted by atomic mass is 16.3.